The highest BCUT2D eigenvalue weighted by Crippen LogP contribution is 2.20. The van der Waals surface area contributed by atoms with E-state index in [-0.39, 0.29) is 22.1 Å². The van der Waals surface area contributed by atoms with E-state index >= 15 is 0 Å². The van der Waals surface area contributed by atoms with Crippen molar-refractivity contribution in [1.82, 2.24) is 5.32 Å². The molecule has 0 aliphatic rings. The third-order valence-electron chi connectivity index (χ3n) is 4.21. The highest BCUT2D eigenvalue weighted by atomic mass is 32.2. The van der Waals surface area contributed by atoms with Crippen LogP contribution < -0.4 is 5.32 Å². The van der Waals surface area contributed by atoms with Gasteiger partial charge in [-0.05, 0) is 29.7 Å². The predicted molar refractivity (Wildman–Crippen MR) is 106 cm³/mol. The summed E-state index contributed by atoms with van der Waals surface area (Å²) in [6, 6.07) is 25.1. The Labute approximate surface area is 159 Å². The summed E-state index contributed by atoms with van der Waals surface area (Å²) in [7, 11) is -3.63. The Morgan fingerprint density at radius 2 is 1.30 bits per heavy atom. The lowest BCUT2D eigenvalue weighted by molar-refractivity contribution is 0.0951. The molecule has 0 heterocycles. The highest BCUT2D eigenvalue weighted by molar-refractivity contribution is 7.90. The molecule has 27 heavy (non-hydrogen) atoms. The minimum atomic E-state index is -3.63. The summed E-state index contributed by atoms with van der Waals surface area (Å²) in [4.78, 5) is 12.6. The summed E-state index contributed by atoms with van der Waals surface area (Å²) in [6.45, 7) is 0.440. The van der Waals surface area contributed by atoms with Gasteiger partial charge in [0.05, 0.1) is 16.2 Å². The largest absolute Gasteiger partial charge is 0.352 e. The van der Waals surface area contributed by atoms with Gasteiger partial charge in [0.25, 0.3) is 5.91 Å². The molecular weight excluding hydrogens is 358 g/mol. The molecule has 5 heteroatoms. The first kappa shape index (κ1) is 18.9. The highest BCUT2D eigenvalue weighted by Gasteiger charge is 2.22. The molecule has 0 fully saturated rings. The van der Waals surface area contributed by atoms with Gasteiger partial charge in [-0.3, -0.25) is 4.79 Å². The van der Waals surface area contributed by atoms with Crippen LogP contribution in [0.15, 0.2) is 89.8 Å². The Kier molecular flexibility index (Phi) is 6.04. The summed E-state index contributed by atoms with van der Waals surface area (Å²) < 4.78 is 25.7. The van der Waals surface area contributed by atoms with Gasteiger partial charge in [-0.25, -0.2) is 8.42 Å². The fourth-order valence-electron chi connectivity index (χ4n) is 2.86. The van der Waals surface area contributed by atoms with E-state index in [4.69, 9.17) is 0 Å². The Morgan fingerprint density at radius 3 is 1.96 bits per heavy atom. The molecule has 0 atom stereocenters. The topological polar surface area (TPSA) is 63.2 Å². The van der Waals surface area contributed by atoms with Crippen molar-refractivity contribution in [2.45, 2.75) is 17.1 Å². The van der Waals surface area contributed by atoms with Gasteiger partial charge in [0.2, 0.25) is 0 Å². The van der Waals surface area contributed by atoms with E-state index < -0.39 is 9.84 Å². The first-order chi connectivity index (χ1) is 13.1. The van der Waals surface area contributed by atoms with Gasteiger partial charge in [-0.15, -0.1) is 0 Å². The van der Waals surface area contributed by atoms with E-state index in [1.54, 1.807) is 42.5 Å². The fourth-order valence-corrected chi connectivity index (χ4v) is 4.43. The summed E-state index contributed by atoms with van der Waals surface area (Å²) in [6.07, 6.45) is 0.686. The van der Waals surface area contributed by atoms with Crippen LogP contribution in [0.5, 0.6) is 0 Å². The maximum atomic E-state index is 12.8. The van der Waals surface area contributed by atoms with E-state index in [2.05, 4.69) is 5.32 Å². The van der Waals surface area contributed by atoms with E-state index in [1.165, 1.54) is 6.07 Å². The van der Waals surface area contributed by atoms with Crippen LogP contribution >= 0.6 is 0 Å². The molecule has 0 saturated carbocycles. The Bertz CT molecular complexity index is 1000. The van der Waals surface area contributed by atoms with E-state index in [1.807, 2.05) is 36.4 Å². The second-order valence-electron chi connectivity index (χ2n) is 6.23. The zero-order valence-corrected chi connectivity index (χ0v) is 15.7. The Morgan fingerprint density at radius 1 is 0.741 bits per heavy atom. The van der Waals surface area contributed by atoms with E-state index in [0.717, 1.165) is 5.56 Å². The first-order valence-corrected chi connectivity index (χ1v) is 10.4. The number of nitrogens with one attached hydrogen (secondary N) is 1. The number of benzene rings is 3. The van der Waals surface area contributed by atoms with Crippen molar-refractivity contribution in [3.63, 3.8) is 0 Å². The number of amides is 1. The minimum Gasteiger partial charge on any atom is -0.352 e. The van der Waals surface area contributed by atoms with E-state index in [0.29, 0.717) is 18.5 Å². The number of hydrogen-bond acceptors (Lipinski definition) is 3. The molecule has 0 unspecified atom stereocenters. The van der Waals surface area contributed by atoms with Crippen LogP contribution in [0.2, 0.25) is 0 Å². The Balaban J connectivity index is 1.74. The normalized spacial score (nSPS) is 11.1. The van der Waals surface area contributed by atoms with Crippen LogP contribution in [0.4, 0.5) is 0 Å². The van der Waals surface area contributed by atoms with Crippen molar-refractivity contribution in [2.75, 3.05) is 6.54 Å². The Hall–Kier alpha value is -2.92. The van der Waals surface area contributed by atoms with Crippen molar-refractivity contribution < 1.29 is 13.2 Å². The molecular formula is C22H21NO3S. The maximum Gasteiger partial charge on any atom is 0.252 e. The molecule has 3 aromatic carbocycles. The molecule has 1 amide bonds. The van der Waals surface area contributed by atoms with Crippen molar-refractivity contribution in [2.24, 2.45) is 0 Å². The zero-order chi connectivity index (χ0) is 19.1. The second-order valence-corrected chi connectivity index (χ2v) is 8.19. The molecule has 0 saturated heterocycles. The molecule has 1 N–H and O–H groups in total. The predicted octanol–water partition coefficient (Wildman–Crippen LogP) is 3.63. The molecule has 0 radical (unpaired) electrons. The number of hydrogen-bond donors (Lipinski definition) is 1. The summed E-state index contributed by atoms with van der Waals surface area (Å²) in [5.74, 6) is -0.513. The smallest absolute Gasteiger partial charge is 0.252 e. The van der Waals surface area contributed by atoms with Crippen LogP contribution in [0.25, 0.3) is 0 Å². The van der Waals surface area contributed by atoms with E-state index in [9.17, 15) is 13.2 Å². The third-order valence-corrected chi connectivity index (χ3v) is 5.95. The molecule has 3 rings (SSSR count). The minimum absolute atomic E-state index is 0.0612. The van der Waals surface area contributed by atoms with Gasteiger partial charge >= 0.3 is 0 Å². The second kappa shape index (κ2) is 8.64. The molecule has 0 spiro atoms. The number of rotatable bonds is 7. The lowest BCUT2D eigenvalue weighted by Gasteiger charge is -2.11. The molecule has 3 aromatic rings. The van der Waals surface area contributed by atoms with Crippen LogP contribution in [0.1, 0.15) is 21.5 Å². The fraction of sp³-hybridized carbons (Fsp3) is 0.136. The van der Waals surface area contributed by atoms with Gasteiger partial charge in [-0.1, -0.05) is 72.8 Å². The van der Waals surface area contributed by atoms with Gasteiger partial charge in [0.1, 0.15) is 0 Å². The number of sulfone groups is 1. The van der Waals surface area contributed by atoms with Crippen molar-refractivity contribution in [3.05, 3.63) is 102 Å². The van der Waals surface area contributed by atoms with Crippen LogP contribution in [0, 0.1) is 0 Å². The van der Waals surface area contributed by atoms with Gasteiger partial charge in [-0.2, -0.15) is 0 Å². The summed E-state index contributed by atoms with van der Waals surface area (Å²) >= 11 is 0. The third kappa shape index (κ3) is 5.05. The molecule has 138 valence electrons. The number of carbonyl (C=O) groups excluding carboxylic acids is 1. The van der Waals surface area contributed by atoms with Gasteiger partial charge in [0.15, 0.2) is 9.84 Å². The molecule has 0 bridgehead atoms. The van der Waals surface area contributed by atoms with Gasteiger partial charge in [0, 0.05) is 6.54 Å². The van der Waals surface area contributed by atoms with Crippen molar-refractivity contribution in [1.29, 1.82) is 0 Å². The average molecular weight is 379 g/mol. The van der Waals surface area contributed by atoms with Crippen LogP contribution in [-0.2, 0) is 22.0 Å². The zero-order valence-electron chi connectivity index (χ0n) is 14.8. The maximum absolute atomic E-state index is 12.8. The molecule has 0 aliphatic carbocycles. The van der Waals surface area contributed by atoms with Crippen LogP contribution in [0.3, 0.4) is 0 Å². The quantitative estimate of drug-likeness (QED) is 0.682. The summed E-state index contributed by atoms with van der Waals surface area (Å²) in [5, 5.41) is 2.82. The van der Waals surface area contributed by atoms with Crippen molar-refractivity contribution >= 4 is 15.7 Å². The SMILES string of the molecule is O=C(NCCc1ccccc1)c1ccccc1S(=O)(=O)Cc1ccccc1. The molecule has 0 aromatic heterocycles. The van der Waals surface area contributed by atoms with Crippen LogP contribution in [-0.4, -0.2) is 20.9 Å². The lowest BCUT2D eigenvalue weighted by Crippen LogP contribution is -2.27. The molecule has 0 aliphatic heterocycles. The monoisotopic (exact) mass is 379 g/mol. The standard InChI is InChI=1S/C22H21NO3S/c24-22(23-16-15-18-9-3-1-4-10-18)20-13-7-8-14-21(20)27(25,26)17-19-11-5-2-6-12-19/h1-14H,15-17H2,(H,23,24). The average Bonchev–Trinajstić information content (AvgIpc) is 2.69. The lowest BCUT2D eigenvalue weighted by atomic mass is 10.1. The van der Waals surface area contributed by atoms with Gasteiger partial charge < -0.3 is 5.32 Å². The van der Waals surface area contributed by atoms with Crippen molar-refractivity contribution in [3.8, 4) is 0 Å². The summed E-state index contributed by atoms with van der Waals surface area (Å²) in [5.41, 5.74) is 1.99. The first-order valence-electron chi connectivity index (χ1n) is 8.74. The molecule has 4 nitrogen and oxygen atoms in total. The number of carbonyl (C=O) groups is 1.